The molecule has 25 heavy (non-hydrogen) atoms. The van der Waals surface area contributed by atoms with Gasteiger partial charge in [-0.1, -0.05) is 12.1 Å². The third-order valence-electron chi connectivity index (χ3n) is 3.45. The first kappa shape index (κ1) is 18.9. The molecule has 0 bridgehead atoms. The fraction of sp³-hybridized carbons (Fsp3) is 0.333. The summed E-state index contributed by atoms with van der Waals surface area (Å²) in [5.41, 5.74) is 0.427. The van der Waals surface area contributed by atoms with Gasteiger partial charge in [0.1, 0.15) is 12.4 Å². The Labute approximate surface area is 151 Å². The van der Waals surface area contributed by atoms with Crippen LogP contribution in [-0.2, 0) is 11.2 Å². The number of thiophene rings is 1. The second-order valence-corrected chi connectivity index (χ2v) is 6.51. The SMILES string of the molecule is CCNC(=NCC(=O)Nc1cccc(F)c1)N(C)CCc1cccs1. The smallest absolute Gasteiger partial charge is 0.246 e. The van der Waals surface area contributed by atoms with Crippen LogP contribution < -0.4 is 10.6 Å². The van der Waals surface area contributed by atoms with Gasteiger partial charge in [-0.25, -0.2) is 9.38 Å². The van der Waals surface area contributed by atoms with Crippen LogP contribution >= 0.6 is 11.3 Å². The Morgan fingerprint density at radius 2 is 2.16 bits per heavy atom. The molecule has 1 aromatic carbocycles. The molecule has 2 aromatic rings. The summed E-state index contributed by atoms with van der Waals surface area (Å²) in [6, 6.07) is 9.95. The predicted octanol–water partition coefficient (Wildman–Crippen LogP) is 2.97. The van der Waals surface area contributed by atoms with E-state index in [9.17, 15) is 9.18 Å². The number of hydrogen-bond donors (Lipinski definition) is 2. The summed E-state index contributed by atoms with van der Waals surface area (Å²) in [4.78, 5) is 19.7. The highest BCUT2D eigenvalue weighted by molar-refractivity contribution is 7.09. The van der Waals surface area contributed by atoms with Crippen LogP contribution in [0.2, 0.25) is 0 Å². The number of carbonyl (C=O) groups is 1. The van der Waals surface area contributed by atoms with Gasteiger partial charge in [0.05, 0.1) is 0 Å². The summed E-state index contributed by atoms with van der Waals surface area (Å²) < 4.78 is 13.1. The van der Waals surface area contributed by atoms with Gasteiger partial charge in [0.25, 0.3) is 0 Å². The van der Waals surface area contributed by atoms with Crippen LogP contribution in [0.15, 0.2) is 46.8 Å². The lowest BCUT2D eigenvalue weighted by Crippen LogP contribution is -2.40. The first-order chi connectivity index (χ1) is 12.1. The fourth-order valence-corrected chi connectivity index (χ4v) is 2.92. The van der Waals surface area contributed by atoms with E-state index < -0.39 is 0 Å². The third kappa shape index (κ3) is 6.54. The monoisotopic (exact) mass is 362 g/mol. The highest BCUT2D eigenvalue weighted by atomic mass is 32.1. The lowest BCUT2D eigenvalue weighted by molar-refractivity contribution is -0.114. The zero-order chi connectivity index (χ0) is 18.1. The van der Waals surface area contributed by atoms with Crippen LogP contribution in [0.1, 0.15) is 11.8 Å². The molecule has 1 aromatic heterocycles. The van der Waals surface area contributed by atoms with Crippen molar-refractivity contribution in [2.75, 3.05) is 32.0 Å². The molecule has 0 saturated carbocycles. The highest BCUT2D eigenvalue weighted by Gasteiger charge is 2.08. The van der Waals surface area contributed by atoms with Crippen LogP contribution in [0.3, 0.4) is 0 Å². The molecule has 0 fully saturated rings. The van der Waals surface area contributed by atoms with E-state index in [4.69, 9.17) is 0 Å². The standard InChI is InChI=1S/C18H23FN4OS/c1-3-20-18(23(2)10-9-16-8-5-11-25-16)21-13-17(24)22-15-7-4-6-14(19)12-15/h4-8,11-12H,3,9-10,13H2,1-2H3,(H,20,21)(H,22,24). The number of aliphatic imine (C=N–C) groups is 1. The maximum absolute atomic E-state index is 13.1. The Balaban J connectivity index is 1.89. The van der Waals surface area contributed by atoms with Crippen LogP contribution in [0.25, 0.3) is 0 Å². The maximum atomic E-state index is 13.1. The summed E-state index contributed by atoms with van der Waals surface area (Å²) in [7, 11) is 1.94. The zero-order valence-corrected chi connectivity index (χ0v) is 15.3. The Morgan fingerprint density at radius 1 is 1.32 bits per heavy atom. The zero-order valence-electron chi connectivity index (χ0n) is 14.5. The van der Waals surface area contributed by atoms with Gasteiger partial charge in [0.2, 0.25) is 5.91 Å². The molecule has 0 spiro atoms. The minimum atomic E-state index is -0.386. The van der Waals surface area contributed by atoms with Gasteiger partial charge in [-0.05, 0) is 43.0 Å². The number of amides is 1. The second-order valence-electron chi connectivity index (χ2n) is 5.48. The molecule has 2 N–H and O–H groups in total. The quantitative estimate of drug-likeness (QED) is 0.588. The van der Waals surface area contributed by atoms with Crippen LogP contribution in [-0.4, -0.2) is 43.4 Å². The molecule has 5 nitrogen and oxygen atoms in total. The molecule has 7 heteroatoms. The third-order valence-corrected chi connectivity index (χ3v) is 4.39. The maximum Gasteiger partial charge on any atom is 0.246 e. The van der Waals surface area contributed by atoms with Gasteiger partial charge >= 0.3 is 0 Å². The Morgan fingerprint density at radius 3 is 2.84 bits per heavy atom. The van der Waals surface area contributed by atoms with Crippen molar-refractivity contribution in [3.8, 4) is 0 Å². The van der Waals surface area contributed by atoms with Gasteiger partial charge in [0, 0.05) is 30.7 Å². The number of nitrogens with zero attached hydrogens (tertiary/aromatic N) is 2. The molecule has 0 aliphatic rings. The number of anilines is 1. The summed E-state index contributed by atoms with van der Waals surface area (Å²) >= 11 is 1.73. The van der Waals surface area contributed by atoms with Crippen molar-refractivity contribution in [3.05, 3.63) is 52.5 Å². The van der Waals surface area contributed by atoms with Gasteiger partial charge in [-0.15, -0.1) is 11.3 Å². The van der Waals surface area contributed by atoms with E-state index in [1.807, 2.05) is 24.9 Å². The molecule has 0 aliphatic heterocycles. The molecule has 1 amide bonds. The normalized spacial score (nSPS) is 11.2. The number of hydrogen-bond acceptors (Lipinski definition) is 3. The first-order valence-corrected chi connectivity index (χ1v) is 9.03. The number of likely N-dealkylation sites (N-methyl/N-ethyl adjacent to an activating group) is 1. The van der Waals surface area contributed by atoms with E-state index in [0.717, 1.165) is 13.0 Å². The van der Waals surface area contributed by atoms with E-state index in [1.54, 1.807) is 23.5 Å². The number of benzene rings is 1. The van der Waals surface area contributed by atoms with Gasteiger partial charge in [-0.2, -0.15) is 0 Å². The highest BCUT2D eigenvalue weighted by Crippen LogP contribution is 2.10. The molecule has 0 radical (unpaired) electrons. The van der Waals surface area contributed by atoms with Crippen molar-refractivity contribution in [2.24, 2.45) is 4.99 Å². The average Bonchev–Trinajstić information content (AvgIpc) is 3.10. The number of rotatable bonds is 7. The van der Waals surface area contributed by atoms with E-state index >= 15 is 0 Å². The number of nitrogens with one attached hydrogen (secondary N) is 2. The van der Waals surface area contributed by atoms with Gasteiger partial charge in [0.15, 0.2) is 5.96 Å². The molecular weight excluding hydrogens is 339 g/mol. The lowest BCUT2D eigenvalue weighted by atomic mass is 10.3. The van der Waals surface area contributed by atoms with Crippen molar-refractivity contribution in [1.29, 1.82) is 0 Å². The van der Waals surface area contributed by atoms with E-state index in [1.165, 1.54) is 17.0 Å². The van der Waals surface area contributed by atoms with Crippen molar-refractivity contribution in [3.63, 3.8) is 0 Å². The average molecular weight is 362 g/mol. The van der Waals surface area contributed by atoms with Gasteiger partial charge in [-0.3, -0.25) is 4.79 Å². The molecule has 1 heterocycles. The molecule has 2 rings (SSSR count). The molecule has 0 atom stereocenters. The van der Waals surface area contributed by atoms with Crippen molar-refractivity contribution >= 4 is 28.9 Å². The number of carbonyl (C=O) groups excluding carboxylic acids is 1. The lowest BCUT2D eigenvalue weighted by Gasteiger charge is -2.21. The van der Waals surface area contributed by atoms with Crippen molar-refractivity contribution in [2.45, 2.75) is 13.3 Å². The van der Waals surface area contributed by atoms with E-state index in [-0.39, 0.29) is 18.3 Å². The Kier molecular flexibility index (Phi) is 7.40. The van der Waals surface area contributed by atoms with Crippen molar-refractivity contribution in [1.82, 2.24) is 10.2 Å². The van der Waals surface area contributed by atoms with E-state index in [0.29, 0.717) is 18.2 Å². The molecule has 0 saturated heterocycles. The summed E-state index contributed by atoms with van der Waals surface area (Å²) in [5.74, 6) is 0.00376. The van der Waals surface area contributed by atoms with Crippen LogP contribution in [0, 0.1) is 5.82 Å². The minimum absolute atomic E-state index is 0.0256. The van der Waals surface area contributed by atoms with Crippen LogP contribution in [0.4, 0.5) is 10.1 Å². The summed E-state index contributed by atoms with van der Waals surface area (Å²) in [6.07, 6.45) is 0.925. The number of halogens is 1. The molecular formula is C18H23FN4OS. The Hall–Kier alpha value is -2.41. The topological polar surface area (TPSA) is 56.7 Å². The Bertz CT molecular complexity index is 703. The molecule has 134 valence electrons. The predicted molar refractivity (Wildman–Crippen MR) is 102 cm³/mol. The largest absolute Gasteiger partial charge is 0.357 e. The van der Waals surface area contributed by atoms with Gasteiger partial charge < -0.3 is 15.5 Å². The number of guanidine groups is 1. The molecule has 0 unspecified atom stereocenters. The fourth-order valence-electron chi connectivity index (χ4n) is 2.22. The summed E-state index contributed by atoms with van der Waals surface area (Å²) in [6.45, 7) is 3.48. The minimum Gasteiger partial charge on any atom is -0.357 e. The molecule has 0 aliphatic carbocycles. The summed E-state index contributed by atoms with van der Waals surface area (Å²) in [5, 5.41) is 7.88. The van der Waals surface area contributed by atoms with Crippen molar-refractivity contribution < 1.29 is 9.18 Å². The van der Waals surface area contributed by atoms with E-state index in [2.05, 4.69) is 27.1 Å². The first-order valence-electron chi connectivity index (χ1n) is 8.15. The van der Waals surface area contributed by atoms with Crippen LogP contribution in [0.5, 0.6) is 0 Å². The second kappa shape index (κ2) is 9.78.